The molecule has 3 rings (SSSR count). The number of nitrogens with one attached hydrogen (secondary N) is 1. The third kappa shape index (κ3) is 4.11. The first-order chi connectivity index (χ1) is 11.6. The van der Waals surface area contributed by atoms with Crippen LogP contribution in [0.3, 0.4) is 0 Å². The average molecular weight is 329 g/mol. The number of hydrogen-bond acceptors (Lipinski definition) is 6. The maximum atomic E-state index is 12.1. The lowest BCUT2D eigenvalue weighted by Gasteiger charge is -2.14. The van der Waals surface area contributed by atoms with Crippen molar-refractivity contribution >= 4 is 11.7 Å². The van der Waals surface area contributed by atoms with Crippen molar-refractivity contribution in [2.45, 2.75) is 26.3 Å². The van der Waals surface area contributed by atoms with Crippen molar-refractivity contribution in [3.8, 4) is 0 Å². The molecular formula is C17H23N5O2. The van der Waals surface area contributed by atoms with Crippen LogP contribution < -0.4 is 11.1 Å². The fraction of sp³-hybridized carbons (Fsp3) is 0.471. The number of likely N-dealkylation sites (tertiary alicyclic amines) is 1. The molecule has 7 nitrogen and oxygen atoms in total. The number of aromatic nitrogens is 2. The van der Waals surface area contributed by atoms with Crippen molar-refractivity contribution in [3.05, 3.63) is 41.4 Å². The Morgan fingerprint density at radius 3 is 3.08 bits per heavy atom. The Balaban J connectivity index is 1.44. The molecule has 3 heterocycles. The van der Waals surface area contributed by atoms with Crippen LogP contribution in [0.15, 0.2) is 28.9 Å². The van der Waals surface area contributed by atoms with Crippen LogP contribution in [0.4, 0.5) is 5.82 Å². The van der Waals surface area contributed by atoms with Gasteiger partial charge >= 0.3 is 0 Å². The van der Waals surface area contributed by atoms with Gasteiger partial charge in [-0.3, -0.25) is 9.69 Å². The normalized spacial score (nSPS) is 18.0. The van der Waals surface area contributed by atoms with Crippen molar-refractivity contribution in [2.24, 2.45) is 5.92 Å². The van der Waals surface area contributed by atoms with Gasteiger partial charge in [0.05, 0.1) is 17.8 Å². The van der Waals surface area contributed by atoms with Gasteiger partial charge < -0.3 is 15.6 Å². The summed E-state index contributed by atoms with van der Waals surface area (Å²) in [6.07, 6.45) is 3.45. The fourth-order valence-corrected chi connectivity index (χ4v) is 2.92. The molecule has 24 heavy (non-hydrogen) atoms. The zero-order chi connectivity index (χ0) is 16.9. The Morgan fingerprint density at radius 1 is 1.50 bits per heavy atom. The number of anilines is 1. The van der Waals surface area contributed by atoms with Crippen LogP contribution in [-0.4, -0.2) is 40.6 Å². The van der Waals surface area contributed by atoms with Crippen LogP contribution in [0.5, 0.6) is 0 Å². The van der Waals surface area contributed by atoms with Crippen molar-refractivity contribution < 1.29 is 9.32 Å². The second-order valence-electron chi connectivity index (χ2n) is 6.21. The van der Waals surface area contributed by atoms with Crippen LogP contribution >= 0.6 is 0 Å². The molecule has 0 aliphatic carbocycles. The van der Waals surface area contributed by atoms with Crippen LogP contribution in [-0.2, 0) is 13.0 Å². The summed E-state index contributed by atoms with van der Waals surface area (Å²) in [5.74, 6) is 1.66. The molecule has 128 valence electrons. The highest BCUT2D eigenvalue weighted by molar-refractivity contribution is 5.93. The number of nitrogens with zero attached hydrogens (tertiary/aromatic N) is 3. The first kappa shape index (κ1) is 16.4. The standard InChI is InChI=1S/C17H23N5O2/c1-2-14-7-15(24-21-14)11-22-6-5-12(10-22)8-20-17(23)13-3-4-16(18)19-9-13/h3-4,7,9,12H,2,5-6,8,10-11H2,1H3,(H2,18,19)(H,20,23)/t12-/m0/s1. The maximum Gasteiger partial charge on any atom is 0.252 e. The summed E-state index contributed by atoms with van der Waals surface area (Å²) < 4.78 is 5.34. The van der Waals surface area contributed by atoms with Gasteiger partial charge in [0, 0.05) is 25.4 Å². The van der Waals surface area contributed by atoms with E-state index in [9.17, 15) is 4.79 Å². The van der Waals surface area contributed by atoms with E-state index < -0.39 is 0 Å². The second kappa shape index (κ2) is 7.44. The molecule has 0 spiro atoms. The number of carbonyl (C=O) groups excluding carboxylic acids is 1. The molecule has 1 amide bonds. The van der Waals surface area contributed by atoms with E-state index in [2.05, 4.69) is 27.3 Å². The number of nitrogens with two attached hydrogens (primary N) is 1. The fourth-order valence-electron chi connectivity index (χ4n) is 2.92. The number of pyridine rings is 1. The lowest BCUT2D eigenvalue weighted by molar-refractivity contribution is 0.0947. The van der Waals surface area contributed by atoms with Gasteiger partial charge in [-0.2, -0.15) is 0 Å². The minimum atomic E-state index is -0.108. The summed E-state index contributed by atoms with van der Waals surface area (Å²) in [7, 11) is 0. The Morgan fingerprint density at radius 2 is 2.38 bits per heavy atom. The predicted molar refractivity (Wildman–Crippen MR) is 90.2 cm³/mol. The van der Waals surface area contributed by atoms with Crippen LogP contribution in [0.2, 0.25) is 0 Å². The third-order valence-corrected chi connectivity index (χ3v) is 4.32. The molecule has 2 aromatic heterocycles. The summed E-state index contributed by atoms with van der Waals surface area (Å²) in [5.41, 5.74) is 7.05. The quantitative estimate of drug-likeness (QED) is 0.833. The zero-order valence-electron chi connectivity index (χ0n) is 13.9. The maximum absolute atomic E-state index is 12.1. The Labute approximate surface area is 141 Å². The number of amides is 1. The average Bonchev–Trinajstić information content (AvgIpc) is 3.23. The molecule has 1 atom stereocenters. The van der Waals surface area contributed by atoms with Crippen molar-refractivity contribution in [1.82, 2.24) is 20.4 Å². The van der Waals surface area contributed by atoms with Crippen LogP contribution in [0.1, 0.15) is 35.2 Å². The Hall–Kier alpha value is -2.41. The monoisotopic (exact) mass is 329 g/mol. The van der Waals surface area contributed by atoms with Crippen LogP contribution in [0, 0.1) is 5.92 Å². The molecule has 3 N–H and O–H groups in total. The first-order valence-corrected chi connectivity index (χ1v) is 8.30. The topological polar surface area (TPSA) is 97.3 Å². The van der Waals surface area contributed by atoms with E-state index in [-0.39, 0.29) is 5.91 Å². The third-order valence-electron chi connectivity index (χ3n) is 4.32. The van der Waals surface area contributed by atoms with E-state index in [0.717, 1.165) is 43.9 Å². The van der Waals surface area contributed by atoms with E-state index in [1.807, 2.05) is 6.07 Å². The van der Waals surface area contributed by atoms with Crippen molar-refractivity contribution in [1.29, 1.82) is 0 Å². The number of hydrogen-bond donors (Lipinski definition) is 2. The van der Waals surface area contributed by atoms with E-state index in [4.69, 9.17) is 10.3 Å². The molecule has 0 radical (unpaired) electrons. The van der Waals surface area contributed by atoms with Gasteiger partial charge in [0.25, 0.3) is 5.91 Å². The number of carbonyl (C=O) groups is 1. The predicted octanol–water partition coefficient (Wildman–Crippen LogP) is 1.47. The van der Waals surface area contributed by atoms with Gasteiger partial charge in [0.15, 0.2) is 5.76 Å². The number of aryl methyl sites for hydroxylation is 1. The van der Waals surface area contributed by atoms with E-state index in [1.54, 1.807) is 12.1 Å². The molecule has 0 unspecified atom stereocenters. The van der Waals surface area contributed by atoms with Crippen molar-refractivity contribution in [3.63, 3.8) is 0 Å². The van der Waals surface area contributed by atoms with Gasteiger partial charge in [0.1, 0.15) is 5.82 Å². The molecule has 7 heteroatoms. The summed E-state index contributed by atoms with van der Waals surface area (Å²) in [4.78, 5) is 18.4. The molecule has 0 saturated carbocycles. The first-order valence-electron chi connectivity index (χ1n) is 8.30. The summed E-state index contributed by atoms with van der Waals surface area (Å²) in [5, 5.41) is 7.00. The van der Waals surface area contributed by atoms with Crippen LogP contribution in [0.25, 0.3) is 0 Å². The SMILES string of the molecule is CCc1cc(CN2CC[C@@H](CNC(=O)c3ccc(N)nc3)C2)on1. The number of nitrogen functional groups attached to an aromatic ring is 1. The number of rotatable bonds is 6. The highest BCUT2D eigenvalue weighted by Crippen LogP contribution is 2.18. The lowest BCUT2D eigenvalue weighted by Crippen LogP contribution is -2.31. The summed E-state index contributed by atoms with van der Waals surface area (Å²) >= 11 is 0. The van der Waals surface area contributed by atoms with E-state index >= 15 is 0 Å². The largest absolute Gasteiger partial charge is 0.384 e. The smallest absolute Gasteiger partial charge is 0.252 e. The Kier molecular flexibility index (Phi) is 5.10. The van der Waals surface area contributed by atoms with E-state index in [1.165, 1.54) is 6.20 Å². The van der Waals surface area contributed by atoms with Gasteiger partial charge in [-0.1, -0.05) is 12.1 Å². The Bertz CT molecular complexity index is 683. The molecular weight excluding hydrogens is 306 g/mol. The molecule has 1 aliphatic heterocycles. The van der Waals surface area contributed by atoms with Gasteiger partial charge in [0.2, 0.25) is 0 Å². The summed E-state index contributed by atoms with van der Waals surface area (Å²) in [6, 6.07) is 5.34. The highest BCUT2D eigenvalue weighted by Gasteiger charge is 2.24. The summed E-state index contributed by atoms with van der Waals surface area (Å²) in [6.45, 7) is 5.46. The molecule has 0 aromatic carbocycles. The molecule has 1 fully saturated rings. The molecule has 2 aromatic rings. The molecule has 0 bridgehead atoms. The second-order valence-corrected chi connectivity index (χ2v) is 6.21. The van der Waals surface area contributed by atoms with Crippen molar-refractivity contribution in [2.75, 3.05) is 25.4 Å². The van der Waals surface area contributed by atoms with Gasteiger partial charge in [-0.25, -0.2) is 4.98 Å². The molecule has 1 aliphatic rings. The van der Waals surface area contributed by atoms with Gasteiger partial charge in [-0.15, -0.1) is 0 Å². The van der Waals surface area contributed by atoms with Gasteiger partial charge in [-0.05, 0) is 37.4 Å². The lowest BCUT2D eigenvalue weighted by atomic mass is 10.1. The minimum Gasteiger partial charge on any atom is -0.384 e. The molecule has 1 saturated heterocycles. The zero-order valence-corrected chi connectivity index (χ0v) is 13.9. The van der Waals surface area contributed by atoms with E-state index in [0.29, 0.717) is 23.8 Å². The highest BCUT2D eigenvalue weighted by atomic mass is 16.5. The minimum absolute atomic E-state index is 0.108.